The lowest BCUT2D eigenvalue weighted by Crippen LogP contribution is -2.59. The molecule has 16 heteroatoms. The van der Waals surface area contributed by atoms with Crippen molar-refractivity contribution in [3.63, 3.8) is 0 Å². The predicted octanol–water partition coefficient (Wildman–Crippen LogP) is 3.61. The molecule has 0 aliphatic carbocycles. The van der Waals surface area contributed by atoms with Gasteiger partial charge in [0.05, 0.1) is 54.7 Å². The van der Waals surface area contributed by atoms with Crippen LogP contribution >= 0.6 is 0 Å². The summed E-state index contributed by atoms with van der Waals surface area (Å²) in [7, 11) is 2.05. The number of rotatable bonds is 4. The van der Waals surface area contributed by atoms with Gasteiger partial charge in [0, 0.05) is 73.4 Å². The first-order chi connectivity index (χ1) is 26.1. The Morgan fingerprint density at radius 2 is 1.84 bits per heavy atom. The Kier molecular flexibility index (Phi) is 11.1. The molecule has 3 aromatic rings. The molecule has 1 amide bonds. The molecule has 2 aromatic heterocycles. The molecule has 1 aromatic carbocycles. The number of aromatic nitrogens is 2. The highest BCUT2D eigenvalue weighted by Crippen LogP contribution is 2.44. The number of hydrogen-bond acceptors (Lipinski definition) is 11. The molecule has 6 bridgehead atoms. The molecule has 4 atom stereocenters. The van der Waals surface area contributed by atoms with Crippen LogP contribution in [-0.4, -0.2) is 127 Å². The van der Waals surface area contributed by atoms with E-state index in [2.05, 4.69) is 27.2 Å². The number of benzene rings is 1. The fourth-order valence-corrected chi connectivity index (χ4v) is 8.36. The number of hydrazine groups is 1. The zero-order valence-electron chi connectivity index (χ0n) is 32.1. The molecule has 7 rings (SSSR count). The van der Waals surface area contributed by atoms with E-state index >= 15 is 0 Å². The van der Waals surface area contributed by atoms with Crippen molar-refractivity contribution < 1.29 is 37.3 Å². The fraction of sp³-hybridized carbons (Fsp3) is 0.615. The van der Waals surface area contributed by atoms with Crippen LogP contribution in [0.4, 0.5) is 24.5 Å². The van der Waals surface area contributed by atoms with Crippen molar-refractivity contribution in [1.82, 2.24) is 24.9 Å². The molecule has 4 aliphatic heterocycles. The monoisotopic (exact) mass is 770 g/mol. The number of morpholine rings is 1. The molecule has 0 spiro atoms. The number of fused-ring (bicyclic) bond motifs is 6. The number of carbonyl (C=O) groups excluding carboxylic acids is 2. The van der Waals surface area contributed by atoms with Crippen LogP contribution < -0.4 is 21.0 Å². The Balaban J connectivity index is 1.41. The van der Waals surface area contributed by atoms with Crippen molar-refractivity contribution in [3.8, 4) is 11.3 Å². The summed E-state index contributed by atoms with van der Waals surface area (Å²) in [5.74, 6) is -0.846. The first kappa shape index (κ1) is 39.3. The first-order valence-electron chi connectivity index (χ1n) is 19.3. The number of nitrogens with one attached hydrogen (secondary N) is 1. The number of nitrogens with two attached hydrogens (primary N) is 1. The average molecular weight is 771 g/mol. The summed E-state index contributed by atoms with van der Waals surface area (Å²) in [6.45, 7) is 8.95. The van der Waals surface area contributed by atoms with Gasteiger partial charge in [0.15, 0.2) is 0 Å². The van der Waals surface area contributed by atoms with Crippen LogP contribution in [0.3, 0.4) is 0 Å². The molecule has 1 unspecified atom stereocenters. The largest absolute Gasteiger partial charge is 0.464 e. The molecule has 300 valence electrons. The molecule has 13 nitrogen and oxygen atoms in total. The molecular weight excluding hydrogens is 717 g/mol. The summed E-state index contributed by atoms with van der Waals surface area (Å²) in [6, 6.07) is 5.72. The average Bonchev–Trinajstić information content (AvgIpc) is 3.42. The Morgan fingerprint density at radius 3 is 2.56 bits per heavy atom. The summed E-state index contributed by atoms with van der Waals surface area (Å²) >= 11 is 0. The van der Waals surface area contributed by atoms with Crippen LogP contribution in [0.1, 0.15) is 57.4 Å². The van der Waals surface area contributed by atoms with Crippen LogP contribution in [0.25, 0.3) is 22.2 Å². The van der Waals surface area contributed by atoms with E-state index in [-0.39, 0.29) is 37.2 Å². The number of alkyl halides is 3. The number of anilines is 2. The van der Waals surface area contributed by atoms with E-state index in [1.807, 2.05) is 32.0 Å². The molecule has 4 N–H and O–H groups in total. The summed E-state index contributed by atoms with van der Waals surface area (Å²) in [4.78, 5) is 38.1. The summed E-state index contributed by atoms with van der Waals surface area (Å²) in [5.41, 5.74) is 12.3. The number of ether oxygens (including phenoxy) is 2. The predicted molar refractivity (Wildman–Crippen MR) is 202 cm³/mol. The van der Waals surface area contributed by atoms with Crippen LogP contribution in [-0.2, 0) is 32.0 Å². The highest BCUT2D eigenvalue weighted by atomic mass is 19.4. The molecule has 3 saturated heterocycles. The first-order valence-corrected chi connectivity index (χ1v) is 19.3. The second-order valence-electron chi connectivity index (χ2n) is 16.4. The van der Waals surface area contributed by atoms with E-state index in [9.17, 15) is 27.9 Å². The van der Waals surface area contributed by atoms with Gasteiger partial charge in [0.1, 0.15) is 12.6 Å². The third kappa shape index (κ3) is 8.58. The third-order valence-electron chi connectivity index (χ3n) is 11.2. The molecular formula is C39H53F3N8O5. The number of halogens is 3. The fourth-order valence-electron chi connectivity index (χ4n) is 8.36. The second kappa shape index (κ2) is 15.5. The van der Waals surface area contributed by atoms with Gasteiger partial charge in [0.25, 0.3) is 5.91 Å². The summed E-state index contributed by atoms with van der Waals surface area (Å²) < 4.78 is 57.4. The molecule has 4 aliphatic rings. The smallest absolute Gasteiger partial charge is 0.406 e. The lowest BCUT2D eigenvalue weighted by Gasteiger charge is -2.37. The number of pyridine rings is 1. The van der Waals surface area contributed by atoms with Crippen LogP contribution in [0.15, 0.2) is 30.5 Å². The standard InChI is InChI=1S/C39H53F3N8O5/c1-24(51)34-29(17-26(20-44-34)47-12-10-46(4)11-13-47)35-30-19-38(2,3)23-55-37(53)32-6-5-9-50(45-32)36(52)31(43)18-27-21-48(14-15-54-27)25-7-8-33(28(30)16-25)49(35)22-39(40,41)42/h7-8,16-17,20,24,27,31-32,45,51H,5-6,9-15,18-19,21-23,43H2,1-4H3/t24-,27-,31?,32-/m0/s1. The molecule has 3 fully saturated rings. The maximum Gasteiger partial charge on any atom is 0.406 e. The maximum absolute atomic E-state index is 14.7. The minimum absolute atomic E-state index is 0.0312. The minimum atomic E-state index is -4.57. The van der Waals surface area contributed by atoms with Crippen molar-refractivity contribution >= 4 is 34.2 Å². The summed E-state index contributed by atoms with van der Waals surface area (Å²) in [6.07, 6.45) is -2.80. The topological polar surface area (TPSA) is 142 Å². The zero-order chi connectivity index (χ0) is 39.2. The SMILES string of the molecule is C[C@H](O)c1ncc(N2CCN(C)CC2)cc1-c1c2c3cc(ccc3n1CC(F)(F)F)N1CCO[C@@H](CC(N)C(=O)N3CCC[C@H](N3)C(=O)OCC(C)(C)C2)C1. The molecule has 6 heterocycles. The van der Waals surface area contributed by atoms with Gasteiger partial charge >= 0.3 is 12.1 Å². The Labute approximate surface area is 319 Å². The molecule has 55 heavy (non-hydrogen) atoms. The van der Waals surface area contributed by atoms with Crippen molar-refractivity contribution in [2.75, 3.05) is 75.9 Å². The molecule has 0 radical (unpaired) electrons. The lowest BCUT2D eigenvalue weighted by atomic mass is 9.84. The number of likely N-dealkylation sites (N-methyl/N-ethyl adjacent to an activating group) is 1. The van der Waals surface area contributed by atoms with Gasteiger partial charge in [0.2, 0.25) is 0 Å². The van der Waals surface area contributed by atoms with Gasteiger partial charge in [-0.15, -0.1) is 0 Å². The zero-order valence-corrected chi connectivity index (χ0v) is 32.1. The van der Waals surface area contributed by atoms with Crippen molar-refractivity contribution in [2.24, 2.45) is 11.1 Å². The summed E-state index contributed by atoms with van der Waals surface area (Å²) in [5, 5.41) is 13.1. The number of aliphatic hydroxyl groups is 1. The Hall–Kier alpha value is -3.96. The van der Waals surface area contributed by atoms with Gasteiger partial charge in [-0.25, -0.2) is 5.43 Å². The molecule has 0 saturated carbocycles. The number of piperazine rings is 1. The van der Waals surface area contributed by atoms with Gasteiger partial charge in [-0.3, -0.25) is 19.6 Å². The van der Waals surface area contributed by atoms with Gasteiger partial charge in [-0.2, -0.15) is 13.2 Å². The third-order valence-corrected chi connectivity index (χ3v) is 11.2. The van der Waals surface area contributed by atoms with E-state index in [1.165, 1.54) is 9.58 Å². The number of cyclic esters (lactones) is 1. The van der Waals surface area contributed by atoms with Gasteiger partial charge in [-0.1, -0.05) is 13.8 Å². The van der Waals surface area contributed by atoms with Crippen LogP contribution in [0.5, 0.6) is 0 Å². The van der Waals surface area contributed by atoms with E-state index in [0.717, 1.165) is 37.6 Å². The number of esters is 1. The van der Waals surface area contributed by atoms with Crippen molar-refractivity contribution in [1.29, 1.82) is 0 Å². The highest BCUT2D eigenvalue weighted by molar-refractivity contribution is 5.95. The van der Waals surface area contributed by atoms with Crippen molar-refractivity contribution in [2.45, 2.75) is 83.5 Å². The minimum Gasteiger partial charge on any atom is -0.464 e. The highest BCUT2D eigenvalue weighted by Gasteiger charge is 2.37. The normalized spacial score (nSPS) is 25.2. The van der Waals surface area contributed by atoms with Crippen molar-refractivity contribution in [3.05, 3.63) is 41.7 Å². The van der Waals surface area contributed by atoms with Crippen LogP contribution in [0.2, 0.25) is 0 Å². The van der Waals surface area contributed by atoms with Gasteiger partial charge in [-0.05, 0) is 69.5 Å². The lowest BCUT2D eigenvalue weighted by molar-refractivity contribution is -0.155. The van der Waals surface area contributed by atoms with E-state index < -0.39 is 42.3 Å². The van der Waals surface area contributed by atoms with E-state index in [4.69, 9.17) is 20.2 Å². The number of carbonyl (C=O) groups is 2. The maximum atomic E-state index is 14.7. The number of aliphatic hydroxyl groups excluding tert-OH is 1. The number of nitrogens with zero attached hydrogens (tertiary/aromatic N) is 6. The van der Waals surface area contributed by atoms with E-state index in [1.54, 1.807) is 19.2 Å². The van der Waals surface area contributed by atoms with Crippen LogP contribution in [0, 0.1) is 5.41 Å². The quantitative estimate of drug-likeness (QED) is 0.335. The van der Waals surface area contributed by atoms with Gasteiger partial charge < -0.3 is 39.6 Å². The Morgan fingerprint density at radius 1 is 1.07 bits per heavy atom. The number of hydrogen-bond donors (Lipinski definition) is 3. The Bertz CT molecular complexity index is 1890. The number of amides is 1. The second-order valence-corrected chi connectivity index (χ2v) is 16.4. The van der Waals surface area contributed by atoms with E-state index in [0.29, 0.717) is 66.8 Å².